The number of carbonyl (C=O) groups excluding carboxylic acids is 3. The van der Waals surface area contributed by atoms with Gasteiger partial charge in [0.1, 0.15) is 12.3 Å². The van der Waals surface area contributed by atoms with Crippen LogP contribution < -0.4 is 19.5 Å². The van der Waals surface area contributed by atoms with Crippen molar-refractivity contribution in [2.45, 2.75) is 27.7 Å². The number of benzene rings is 2. The molecule has 8 nitrogen and oxygen atoms in total. The first-order valence-corrected chi connectivity index (χ1v) is 12.3. The van der Waals surface area contributed by atoms with E-state index in [1.165, 1.54) is 0 Å². The molecule has 1 saturated heterocycles. The second kappa shape index (κ2) is 12.3. The lowest BCUT2D eigenvalue weighted by atomic mass is 10.1. The molecular weight excluding hydrogens is 468 g/mol. The normalized spacial score (nSPS) is 14.5. The molecule has 1 heterocycles. The van der Waals surface area contributed by atoms with Gasteiger partial charge in [0.2, 0.25) is 5.91 Å². The summed E-state index contributed by atoms with van der Waals surface area (Å²) in [6.07, 6.45) is 1.62. The van der Waals surface area contributed by atoms with Crippen molar-refractivity contribution in [2.75, 3.05) is 31.7 Å². The van der Waals surface area contributed by atoms with Crippen LogP contribution in [0.5, 0.6) is 17.2 Å². The fourth-order valence-electron chi connectivity index (χ4n) is 3.19. The highest BCUT2D eigenvalue weighted by Crippen LogP contribution is 2.35. The van der Waals surface area contributed by atoms with Gasteiger partial charge in [-0.2, -0.15) is 0 Å². The monoisotopic (exact) mass is 498 g/mol. The number of hydrogen-bond acceptors (Lipinski definition) is 7. The molecule has 0 bridgehead atoms. The largest absolute Gasteiger partial charge is 0.494 e. The molecule has 1 N–H and O–H groups in total. The van der Waals surface area contributed by atoms with Crippen molar-refractivity contribution >= 4 is 40.6 Å². The first-order valence-electron chi connectivity index (χ1n) is 11.5. The average molecular weight is 499 g/mol. The lowest BCUT2D eigenvalue weighted by molar-refractivity contribution is -0.127. The van der Waals surface area contributed by atoms with Gasteiger partial charge in [-0.05, 0) is 79.6 Å². The van der Waals surface area contributed by atoms with E-state index in [1.807, 2.05) is 13.8 Å². The first kappa shape index (κ1) is 26.2. The Morgan fingerprint density at radius 1 is 1.00 bits per heavy atom. The number of amides is 3. The van der Waals surface area contributed by atoms with Gasteiger partial charge in [0, 0.05) is 5.69 Å². The average Bonchev–Trinajstić information content (AvgIpc) is 3.07. The zero-order chi connectivity index (χ0) is 25.4. The molecule has 3 rings (SSSR count). The Morgan fingerprint density at radius 2 is 1.71 bits per heavy atom. The molecule has 2 aromatic rings. The van der Waals surface area contributed by atoms with Crippen molar-refractivity contribution < 1.29 is 28.6 Å². The van der Waals surface area contributed by atoms with Crippen LogP contribution >= 0.6 is 11.8 Å². The van der Waals surface area contributed by atoms with E-state index < -0.39 is 17.1 Å². The predicted octanol–water partition coefficient (Wildman–Crippen LogP) is 5.19. The van der Waals surface area contributed by atoms with Crippen LogP contribution in [0.15, 0.2) is 47.4 Å². The Labute approximate surface area is 209 Å². The maximum atomic E-state index is 12.8. The van der Waals surface area contributed by atoms with E-state index in [0.29, 0.717) is 54.2 Å². The summed E-state index contributed by atoms with van der Waals surface area (Å²) in [5.74, 6) is 1.26. The summed E-state index contributed by atoms with van der Waals surface area (Å²) >= 11 is 0.800. The van der Waals surface area contributed by atoms with Crippen molar-refractivity contribution in [1.29, 1.82) is 0 Å². The topological polar surface area (TPSA) is 94.2 Å². The molecule has 0 spiro atoms. The quantitative estimate of drug-likeness (QED) is 0.426. The minimum atomic E-state index is -0.514. The number of hydrogen-bond donors (Lipinski definition) is 1. The second-order valence-electron chi connectivity index (χ2n) is 8.12. The molecule has 35 heavy (non-hydrogen) atoms. The molecule has 0 unspecified atom stereocenters. The fourth-order valence-corrected chi connectivity index (χ4v) is 4.03. The van der Waals surface area contributed by atoms with Gasteiger partial charge < -0.3 is 19.5 Å². The molecule has 0 atom stereocenters. The smallest absolute Gasteiger partial charge is 0.294 e. The van der Waals surface area contributed by atoms with Gasteiger partial charge >= 0.3 is 0 Å². The van der Waals surface area contributed by atoms with Crippen LogP contribution in [0.2, 0.25) is 0 Å². The molecule has 0 aromatic heterocycles. The van der Waals surface area contributed by atoms with Crippen LogP contribution in [-0.4, -0.2) is 48.3 Å². The van der Waals surface area contributed by atoms with Crippen LogP contribution in [0.25, 0.3) is 6.08 Å². The minimum absolute atomic E-state index is 0.238. The highest BCUT2D eigenvalue weighted by molar-refractivity contribution is 8.18. The molecule has 3 amide bonds. The number of nitrogens with zero attached hydrogens (tertiary/aromatic N) is 1. The van der Waals surface area contributed by atoms with E-state index in [9.17, 15) is 14.4 Å². The van der Waals surface area contributed by atoms with Crippen LogP contribution in [0.1, 0.15) is 33.3 Å². The van der Waals surface area contributed by atoms with E-state index in [0.717, 1.165) is 16.7 Å². The molecule has 1 fully saturated rings. The Bertz CT molecular complexity index is 1100. The summed E-state index contributed by atoms with van der Waals surface area (Å²) in [6, 6.07) is 12.2. The van der Waals surface area contributed by atoms with Crippen LogP contribution in [0.3, 0.4) is 0 Å². The van der Waals surface area contributed by atoms with Crippen molar-refractivity contribution in [3.8, 4) is 17.2 Å². The van der Waals surface area contributed by atoms with E-state index in [-0.39, 0.29) is 11.4 Å². The highest BCUT2D eigenvalue weighted by Gasteiger charge is 2.36. The van der Waals surface area contributed by atoms with Crippen LogP contribution in [-0.2, 0) is 9.59 Å². The summed E-state index contributed by atoms with van der Waals surface area (Å²) in [4.78, 5) is 38.9. The SMILES string of the molecule is CCOc1ccc(NC(=O)CN2C(=O)S/C(=C\c3ccc(OCC(C)C)c(OCC)c3)C2=O)cc1. The third-order valence-corrected chi connectivity index (χ3v) is 5.67. The number of anilines is 1. The zero-order valence-corrected chi connectivity index (χ0v) is 21.1. The summed E-state index contributed by atoms with van der Waals surface area (Å²) in [5.41, 5.74) is 1.24. The van der Waals surface area contributed by atoms with E-state index >= 15 is 0 Å². The maximum absolute atomic E-state index is 12.8. The van der Waals surface area contributed by atoms with Crippen molar-refractivity contribution in [3.63, 3.8) is 0 Å². The Hall–Kier alpha value is -3.46. The molecule has 1 aliphatic heterocycles. The maximum Gasteiger partial charge on any atom is 0.294 e. The first-order chi connectivity index (χ1) is 16.8. The molecule has 1 aliphatic rings. The molecule has 0 aliphatic carbocycles. The van der Waals surface area contributed by atoms with Gasteiger partial charge in [-0.15, -0.1) is 0 Å². The van der Waals surface area contributed by atoms with Gasteiger partial charge in [-0.25, -0.2) is 0 Å². The number of thioether (sulfide) groups is 1. The third-order valence-electron chi connectivity index (χ3n) is 4.76. The lowest BCUT2D eigenvalue weighted by Crippen LogP contribution is -2.36. The van der Waals surface area contributed by atoms with Crippen molar-refractivity contribution in [3.05, 3.63) is 52.9 Å². The van der Waals surface area contributed by atoms with E-state index in [1.54, 1.807) is 48.5 Å². The van der Waals surface area contributed by atoms with Crippen LogP contribution in [0, 0.1) is 5.92 Å². The van der Waals surface area contributed by atoms with Gasteiger partial charge in [0.25, 0.3) is 11.1 Å². The second-order valence-corrected chi connectivity index (χ2v) is 9.11. The summed E-state index contributed by atoms with van der Waals surface area (Å²) in [6.45, 7) is 9.06. The van der Waals surface area contributed by atoms with Gasteiger partial charge in [0.05, 0.1) is 24.7 Å². The van der Waals surface area contributed by atoms with E-state index in [4.69, 9.17) is 14.2 Å². The van der Waals surface area contributed by atoms with Crippen LogP contribution in [0.4, 0.5) is 10.5 Å². The van der Waals surface area contributed by atoms with Crippen molar-refractivity contribution in [1.82, 2.24) is 4.90 Å². The molecular formula is C26H30N2O6S. The van der Waals surface area contributed by atoms with Crippen molar-refractivity contribution in [2.24, 2.45) is 5.92 Å². The minimum Gasteiger partial charge on any atom is -0.494 e. The Balaban J connectivity index is 1.67. The fraction of sp³-hybridized carbons (Fsp3) is 0.346. The summed E-state index contributed by atoms with van der Waals surface area (Å²) in [7, 11) is 0. The number of nitrogens with one attached hydrogen (secondary N) is 1. The molecule has 0 saturated carbocycles. The summed E-state index contributed by atoms with van der Waals surface area (Å²) < 4.78 is 16.9. The highest BCUT2D eigenvalue weighted by atomic mass is 32.2. The Kier molecular flexibility index (Phi) is 9.19. The number of imide groups is 1. The number of rotatable bonds is 11. The molecule has 9 heteroatoms. The zero-order valence-electron chi connectivity index (χ0n) is 20.3. The summed E-state index contributed by atoms with van der Waals surface area (Å²) in [5, 5.41) is 2.20. The number of carbonyl (C=O) groups is 3. The number of ether oxygens (including phenoxy) is 3. The standard InChI is InChI=1S/C26H30N2O6S/c1-5-32-20-10-8-19(9-11-20)27-24(29)15-28-25(30)23(35-26(28)31)14-18-7-12-21(34-16-17(3)4)22(13-18)33-6-2/h7-14,17H,5-6,15-16H2,1-4H3,(H,27,29)/b23-14-. The predicted molar refractivity (Wildman–Crippen MR) is 137 cm³/mol. The Morgan fingerprint density at radius 3 is 2.37 bits per heavy atom. The van der Waals surface area contributed by atoms with Gasteiger partial charge in [-0.1, -0.05) is 19.9 Å². The molecule has 186 valence electrons. The molecule has 2 aromatic carbocycles. The van der Waals surface area contributed by atoms with Gasteiger partial charge in [-0.3, -0.25) is 19.3 Å². The van der Waals surface area contributed by atoms with Gasteiger partial charge in [0.15, 0.2) is 11.5 Å². The lowest BCUT2D eigenvalue weighted by Gasteiger charge is -2.14. The van der Waals surface area contributed by atoms with E-state index in [2.05, 4.69) is 19.2 Å². The molecule has 0 radical (unpaired) electrons. The third kappa shape index (κ3) is 7.26.